The van der Waals surface area contributed by atoms with E-state index < -0.39 is 6.16 Å². The molecule has 0 saturated carbocycles. The first-order valence-corrected chi connectivity index (χ1v) is 2.84. The monoisotopic (exact) mass is 148 g/mol. The fourth-order valence-corrected chi connectivity index (χ4v) is 0.222. The van der Waals surface area contributed by atoms with Crippen LogP contribution in [0.3, 0.4) is 0 Å². The zero-order valence-corrected chi connectivity index (χ0v) is 6.26. The minimum Gasteiger partial charge on any atom is -0.448 e. The maximum atomic E-state index is 9.76. The second kappa shape index (κ2) is 3.38. The number of hydrogen-bond donors (Lipinski definition) is 3. The van der Waals surface area contributed by atoms with Crippen molar-refractivity contribution in [1.29, 1.82) is 0 Å². The molecule has 0 aliphatic rings. The van der Waals surface area contributed by atoms with E-state index in [1.165, 1.54) is 0 Å². The molecule has 5 heteroatoms. The Bertz CT molecular complexity index is 119. The summed E-state index contributed by atoms with van der Waals surface area (Å²) in [6.07, 6.45) is -1.36. The van der Waals surface area contributed by atoms with Gasteiger partial charge in [-0.1, -0.05) is 5.59 Å². The molecule has 0 saturated heterocycles. The molecular weight excluding hydrogens is 136 g/mol. The molecule has 0 bridgehead atoms. The van der Waals surface area contributed by atoms with Crippen LogP contribution in [-0.2, 0) is 4.84 Å². The van der Waals surface area contributed by atoms with Gasteiger partial charge in [-0.25, -0.2) is 10.2 Å². The average Bonchev–Trinajstić information content (AvgIpc) is 1.59. The molecule has 0 aromatic heterocycles. The lowest BCUT2D eigenvalue weighted by Crippen LogP contribution is -2.46. The highest BCUT2D eigenvalue weighted by molar-refractivity contribution is 5.56. The average molecular weight is 148 g/mol. The van der Waals surface area contributed by atoms with Crippen LogP contribution in [0.25, 0.3) is 0 Å². The van der Waals surface area contributed by atoms with Crippen LogP contribution in [0.5, 0.6) is 0 Å². The first-order valence-electron chi connectivity index (χ1n) is 2.84. The molecule has 0 heterocycles. The fraction of sp³-hybridized carbons (Fsp3) is 0.800. The molecule has 60 valence electrons. The van der Waals surface area contributed by atoms with Crippen molar-refractivity contribution in [3.05, 3.63) is 0 Å². The largest absolute Gasteiger partial charge is 0.526 e. The third-order valence-electron chi connectivity index (χ3n) is 0.564. The molecule has 0 aliphatic carbocycles. The van der Waals surface area contributed by atoms with Crippen molar-refractivity contribution in [2.24, 2.45) is 0 Å². The summed E-state index contributed by atoms with van der Waals surface area (Å²) >= 11 is 0. The number of hydrogen-bond acceptors (Lipinski definition) is 4. The quantitative estimate of drug-likeness (QED) is 0.497. The number of carbonyl (C=O) groups is 1. The van der Waals surface area contributed by atoms with Gasteiger partial charge in [-0.15, -0.1) is 0 Å². The lowest BCUT2D eigenvalue weighted by atomic mass is 10.1. The molecule has 0 aromatic rings. The Morgan fingerprint density at radius 3 is 2.30 bits per heavy atom. The van der Waals surface area contributed by atoms with Gasteiger partial charge in [0.1, 0.15) is 0 Å². The highest BCUT2D eigenvalue weighted by Gasteiger charge is 2.08. The zero-order chi connectivity index (χ0) is 8.20. The summed E-state index contributed by atoms with van der Waals surface area (Å²) in [6.45, 7) is 5.60. The molecule has 0 radical (unpaired) electrons. The van der Waals surface area contributed by atoms with Crippen LogP contribution in [0, 0.1) is 0 Å². The molecule has 0 atom stereocenters. The lowest BCUT2D eigenvalue weighted by Gasteiger charge is -2.19. The zero-order valence-electron chi connectivity index (χ0n) is 6.26. The smallest absolute Gasteiger partial charge is 0.448 e. The van der Waals surface area contributed by atoms with Gasteiger partial charge in [-0.3, -0.25) is 0 Å². The van der Waals surface area contributed by atoms with Gasteiger partial charge in [-0.05, 0) is 20.8 Å². The summed E-state index contributed by atoms with van der Waals surface area (Å²) in [6, 6.07) is 0. The maximum absolute atomic E-state index is 9.76. The molecule has 0 rings (SSSR count). The summed E-state index contributed by atoms with van der Waals surface area (Å²) in [5, 5.41) is 7.99. The Kier molecular flexibility index (Phi) is 3.11. The summed E-state index contributed by atoms with van der Waals surface area (Å²) in [4.78, 5) is 13.7. The Balaban J connectivity index is 3.29. The van der Waals surface area contributed by atoms with Gasteiger partial charge in [0.25, 0.3) is 0 Å². The molecule has 0 amide bonds. The highest BCUT2D eigenvalue weighted by atomic mass is 16.8. The van der Waals surface area contributed by atoms with Crippen LogP contribution in [0.15, 0.2) is 0 Å². The van der Waals surface area contributed by atoms with E-state index in [-0.39, 0.29) is 5.54 Å². The second-order valence-electron chi connectivity index (χ2n) is 2.85. The Morgan fingerprint density at radius 1 is 1.50 bits per heavy atom. The lowest BCUT2D eigenvalue weighted by molar-refractivity contribution is 0.0113. The first kappa shape index (κ1) is 9.19. The number of hydrazine groups is 1. The molecule has 0 aliphatic heterocycles. The molecule has 10 heavy (non-hydrogen) atoms. The molecular formula is C5H12N2O3. The topological polar surface area (TPSA) is 70.6 Å². The third-order valence-corrected chi connectivity index (χ3v) is 0.564. The molecule has 0 unspecified atom stereocenters. The van der Waals surface area contributed by atoms with Crippen LogP contribution >= 0.6 is 0 Å². The molecule has 0 aromatic carbocycles. The van der Waals surface area contributed by atoms with Crippen LogP contribution in [-0.4, -0.2) is 16.8 Å². The molecule has 5 nitrogen and oxygen atoms in total. The van der Waals surface area contributed by atoms with E-state index in [0.717, 1.165) is 0 Å². The first-order chi connectivity index (χ1) is 4.42. The third kappa shape index (κ3) is 7.19. The van der Waals surface area contributed by atoms with Gasteiger partial charge < -0.3 is 9.94 Å². The summed E-state index contributed by atoms with van der Waals surface area (Å²) in [5.41, 5.74) is 4.46. The van der Waals surface area contributed by atoms with Gasteiger partial charge in [0.15, 0.2) is 0 Å². The second-order valence-corrected chi connectivity index (χ2v) is 2.85. The minimum absolute atomic E-state index is 0.213. The van der Waals surface area contributed by atoms with E-state index in [4.69, 9.17) is 5.11 Å². The molecule has 3 N–H and O–H groups in total. The summed E-state index contributed by atoms with van der Waals surface area (Å²) < 4.78 is 0. The molecule has 0 fully saturated rings. The normalized spacial score (nSPS) is 11.1. The predicted octanol–water partition coefficient (Wildman–Crippen LogP) is 0.489. The van der Waals surface area contributed by atoms with Crippen molar-refractivity contribution >= 4 is 6.16 Å². The standard InChI is InChI=1S/C5H12N2O3/c1-5(2,3)6-7-10-4(8)9/h6-7H,1-3H3,(H,8,9). The maximum Gasteiger partial charge on any atom is 0.526 e. The van der Waals surface area contributed by atoms with Crippen molar-refractivity contribution in [3.8, 4) is 0 Å². The minimum atomic E-state index is -1.36. The van der Waals surface area contributed by atoms with E-state index in [2.05, 4.69) is 15.9 Å². The van der Waals surface area contributed by atoms with Gasteiger partial charge in [0.05, 0.1) is 0 Å². The van der Waals surface area contributed by atoms with Gasteiger partial charge in [-0.2, -0.15) is 0 Å². The predicted molar refractivity (Wildman–Crippen MR) is 35.1 cm³/mol. The number of rotatable bonds is 2. The van der Waals surface area contributed by atoms with Crippen molar-refractivity contribution in [1.82, 2.24) is 11.0 Å². The molecule has 0 spiro atoms. The van der Waals surface area contributed by atoms with Crippen LogP contribution in [0.2, 0.25) is 0 Å². The van der Waals surface area contributed by atoms with E-state index in [1.807, 2.05) is 20.8 Å². The van der Waals surface area contributed by atoms with Gasteiger partial charge >= 0.3 is 6.16 Å². The SMILES string of the molecule is CC(C)(C)NNOC(=O)O. The van der Waals surface area contributed by atoms with E-state index in [9.17, 15) is 4.79 Å². The van der Waals surface area contributed by atoms with Crippen LogP contribution in [0.4, 0.5) is 4.79 Å². The fourth-order valence-electron chi connectivity index (χ4n) is 0.222. The van der Waals surface area contributed by atoms with E-state index in [1.54, 1.807) is 0 Å². The van der Waals surface area contributed by atoms with Crippen molar-refractivity contribution < 1.29 is 14.7 Å². The van der Waals surface area contributed by atoms with Crippen molar-refractivity contribution in [2.45, 2.75) is 26.3 Å². The van der Waals surface area contributed by atoms with Crippen LogP contribution < -0.4 is 11.0 Å². The summed E-state index contributed by atoms with van der Waals surface area (Å²) in [5.74, 6) is 0. The number of nitrogens with one attached hydrogen (secondary N) is 2. The highest BCUT2D eigenvalue weighted by Crippen LogP contribution is 1.94. The number of carboxylic acid groups (broad SMARTS) is 1. The van der Waals surface area contributed by atoms with Gasteiger partial charge in [0, 0.05) is 5.54 Å². The Morgan fingerprint density at radius 2 is 2.00 bits per heavy atom. The van der Waals surface area contributed by atoms with Crippen molar-refractivity contribution in [2.75, 3.05) is 0 Å². The van der Waals surface area contributed by atoms with E-state index in [0.29, 0.717) is 0 Å². The summed E-state index contributed by atoms with van der Waals surface area (Å²) in [7, 11) is 0. The van der Waals surface area contributed by atoms with E-state index >= 15 is 0 Å². The van der Waals surface area contributed by atoms with Crippen LogP contribution in [0.1, 0.15) is 20.8 Å². The van der Waals surface area contributed by atoms with Crippen molar-refractivity contribution in [3.63, 3.8) is 0 Å². The Hall–Kier alpha value is -0.810. The van der Waals surface area contributed by atoms with Gasteiger partial charge in [0.2, 0.25) is 0 Å². The Labute approximate surface area is 59.3 Å².